The van der Waals surface area contributed by atoms with E-state index in [0.717, 1.165) is 0 Å². The molecule has 1 aromatic rings. The van der Waals surface area contributed by atoms with Crippen molar-refractivity contribution >= 4 is 11.5 Å². The summed E-state index contributed by atoms with van der Waals surface area (Å²) < 4.78 is 0. The molecule has 0 amide bonds. The number of carbonyl (C=O) groups is 1. The molecule has 1 aromatic heterocycles. The van der Waals surface area contributed by atoms with Crippen LogP contribution in [-0.2, 0) is 0 Å². The van der Waals surface area contributed by atoms with Gasteiger partial charge in [-0.1, -0.05) is 0 Å². The number of ketones is 1. The maximum absolute atomic E-state index is 10.8. The van der Waals surface area contributed by atoms with Gasteiger partial charge in [-0.3, -0.25) is 14.6 Å². The fourth-order valence-corrected chi connectivity index (χ4v) is 0.774. The largest absolute Gasteiger partial charge is 0.392 e. The minimum Gasteiger partial charge on any atom is -0.392 e. The Morgan fingerprint density at radius 1 is 1.33 bits per heavy atom. The Morgan fingerprint density at radius 2 is 1.92 bits per heavy atom. The van der Waals surface area contributed by atoms with E-state index in [2.05, 4.69) is 4.98 Å². The third-order valence-corrected chi connectivity index (χ3v) is 1.33. The lowest BCUT2D eigenvalue weighted by Crippen LogP contribution is -2.28. The number of Topliss-reactive ketones (excluding diaryl/α,β-unsaturated/α-hetero) is 1. The lowest BCUT2D eigenvalue weighted by atomic mass is 10.2. The molecule has 0 radical (unpaired) electrons. The van der Waals surface area contributed by atoms with Crippen molar-refractivity contribution in [3.8, 4) is 0 Å². The molecular formula is C6H7N3O3. The number of rotatable bonds is 1. The molecule has 0 aliphatic rings. The second-order valence-electron chi connectivity index (χ2n) is 2.25. The van der Waals surface area contributed by atoms with Gasteiger partial charge in [-0.2, -0.15) is 0 Å². The fraction of sp³-hybridized carbons (Fsp3) is 0.167. The molecule has 0 aliphatic carbocycles. The summed E-state index contributed by atoms with van der Waals surface area (Å²) in [7, 11) is 0. The van der Waals surface area contributed by atoms with Gasteiger partial charge in [0.25, 0.3) is 5.56 Å². The van der Waals surface area contributed by atoms with Crippen LogP contribution < -0.4 is 17.0 Å². The SMILES string of the molecule is CC(=O)c1[nH]c(=O)[nH]c(=O)c1N. The Morgan fingerprint density at radius 3 is 2.42 bits per heavy atom. The first-order valence-electron chi connectivity index (χ1n) is 3.15. The minimum absolute atomic E-state index is 0.149. The monoisotopic (exact) mass is 169 g/mol. The maximum Gasteiger partial charge on any atom is 0.326 e. The Bertz CT molecular complexity index is 428. The Kier molecular flexibility index (Phi) is 1.82. The Balaban J connectivity index is 3.59. The van der Waals surface area contributed by atoms with Crippen LogP contribution in [0.2, 0.25) is 0 Å². The number of aromatic nitrogens is 2. The number of H-pyrrole nitrogens is 2. The number of hydrogen-bond donors (Lipinski definition) is 3. The molecule has 0 fully saturated rings. The predicted octanol–water partition coefficient (Wildman–Crippen LogP) is -1.15. The van der Waals surface area contributed by atoms with Gasteiger partial charge in [-0.05, 0) is 0 Å². The molecular weight excluding hydrogens is 162 g/mol. The van der Waals surface area contributed by atoms with Gasteiger partial charge in [-0.25, -0.2) is 4.79 Å². The van der Waals surface area contributed by atoms with E-state index >= 15 is 0 Å². The summed E-state index contributed by atoms with van der Waals surface area (Å²) >= 11 is 0. The summed E-state index contributed by atoms with van der Waals surface area (Å²) in [6.07, 6.45) is 0. The van der Waals surface area contributed by atoms with Crippen LogP contribution in [0.4, 0.5) is 5.69 Å². The molecule has 1 rings (SSSR count). The van der Waals surface area contributed by atoms with Crippen LogP contribution in [0.1, 0.15) is 17.4 Å². The molecule has 0 bridgehead atoms. The van der Waals surface area contributed by atoms with E-state index in [1.807, 2.05) is 4.98 Å². The standard InChI is InChI=1S/C6H7N3O3/c1-2(10)4-3(7)5(11)9-6(12)8-4/h7H2,1H3,(H2,8,9,11,12). The molecule has 0 saturated heterocycles. The molecule has 4 N–H and O–H groups in total. The van der Waals surface area contributed by atoms with Crippen molar-refractivity contribution in [3.05, 3.63) is 26.5 Å². The van der Waals surface area contributed by atoms with E-state index in [0.29, 0.717) is 0 Å². The Hall–Kier alpha value is -1.85. The van der Waals surface area contributed by atoms with Gasteiger partial charge in [0.15, 0.2) is 5.78 Å². The van der Waals surface area contributed by atoms with E-state index in [1.165, 1.54) is 6.92 Å². The van der Waals surface area contributed by atoms with Crippen LogP contribution in [0.25, 0.3) is 0 Å². The number of anilines is 1. The summed E-state index contributed by atoms with van der Waals surface area (Å²) in [5.74, 6) is -0.448. The normalized spacial score (nSPS) is 9.75. The van der Waals surface area contributed by atoms with Crippen molar-refractivity contribution in [2.75, 3.05) is 5.73 Å². The van der Waals surface area contributed by atoms with Crippen LogP contribution in [-0.4, -0.2) is 15.8 Å². The Labute approximate surface area is 66.4 Å². The molecule has 0 atom stereocenters. The van der Waals surface area contributed by atoms with Gasteiger partial charge in [0.05, 0.1) is 0 Å². The van der Waals surface area contributed by atoms with Gasteiger partial charge in [-0.15, -0.1) is 0 Å². The lowest BCUT2D eigenvalue weighted by Gasteiger charge is -1.97. The van der Waals surface area contributed by atoms with E-state index in [4.69, 9.17) is 5.73 Å². The molecule has 1 heterocycles. The fourth-order valence-electron chi connectivity index (χ4n) is 0.774. The average Bonchev–Trinajstić information content (AvgIpc) is 1.96. The van der Waals surface area contributed by atoms with Gasteiger partial charge in [0.2, 0.25) is 0 Å². The zero-order valence-corrected chi connectivity index (χ0v) is 6.30. The van der Waals surface area contributed by atoms with Crippen molar-refractivity contribution in [1.82, 2.24) is 9.97 Å². The second kappa shape index (κ2) is 2.65. The van der Waals surface area contributed by atoms with Crippen molar-refractivity contribution in [3.63, 3.8) is 0 Å². The topological polar surface area (TPSA) is 109 Å². The number of carbonyl (C=O) groups excluding carboxylic acids is 1. The van der Waals surface area contributed by atoms with E-state index < -0.39 is 17.0 Å². The van der Waals surface area contributed by atoms with Gasteiger partial charge >= 0.3 is 5.69 Å². The molecule has 0 aliphatic heterocycles. The van der Waals surface area contributed by atoms with Crippen LogP contribution in [0.5, 0.6) is 0 Å². The first kappa shape index (κ1) is 8.25. The summed E-state index contributed by atoms with van der Waals surface area (Å²) in [6.45, 7) is 1.21. The van der Waals surface area contributed by atoms with Crippen molar-refractivity contribution < 1.29 is 4.79 Å². The number of nitrogens with two attached hydrogens (primary N) is 1. The predicted molar refractivity (Wildman–Crippen MR) is 42.1 cm³/mol. The van der Waals surface area contributed by atoms with Crippen LogP contribution in [0, 0.1) is 0 Å². The third kappa shape index (κ3) is 1.26. The van der Waals surface area contributed by atoms with Crippen LogP contribution in [0.3, 0.4) is 0 Å². The number of nitrogens with one attached hydrogen (secondary N) is 2. The average molecular weight is 169 g/mol. The maximum atomic E-state index is 10.8. The van der Waals surface area contributed by atoms with Crippen LogP contribution in [0.15, 0.2) is 9.59 Å². The number of nitrogen functional groups attached to an aromatic ring is 1. The quantitative estimate of drug-likeness (QED) is 0.461. The summed E-state index contributed by atoms with van der Waals surface area (Å²) in [5.41, 5.74) is 3.32. The molecule has 0 unspecified atom stereocenters. The minimum atomic E-state index is -0.746. The zero-order valence-electron chi connectivity index (χ0n) is 6.30. The summed E-state index contributed by atoms with van der Waals surface area (Å²) in [4.78, 5) is 36.2. The molecule has 64 valence electrons. The van der Waals surface area contributed by atoms with Crippen molar-refractivity contribution in [1.29, 1.82) is 0 Å². The molecule has 0 aromatic carbocycles. The highest BCUT2D eigenvalue weighted by atomic mass is 16.2. The van der Waals surface area contributed by atoms with Gasteiger partial charge in [0.1, 0.15) is 11.4 Å². The first-order valence-corrected chi connectivity index (χ1v) is 3.15. The van der Waals surface area contributed by atoms with Crippen molar-refractivity contribution in [2.24, 2.45) is 0 Å². The number of aromatic amines is 2. The molecule has 6 heteroatoms. The summed E-state index contributed by atoms with van der Waals surface area (Å²) in [5, 5.41) is 0. The van der Waals surface area contributed by atoms with Gasteiger partial charge < -0.3 is 10.7 Å². The van der Waals surface area contributed by atoms with E-state index in [-0.39, 0.29) is 11.4 Å². The molecule has 6 nitrogen and oxygen atoms in total. The summed E-state index contributed by atoms with van der Waals surface area (Å²) in [6, 6.07) is 0. The first-order chi connectivity index (χ1) is 5.52. The zero-order chi connectivity index (χ0) is 9.30. The highest BCUT2D eigenvalue weighted by Gasteiger charge is 2.08. The molecule has 12 heavy (non-hydrogen) atoms. The molecule has 0 spiro atoms. The lowest BCUT2D eigenvalue weighted by molar-refractivity contribution is 0.101. The number of hydrogen-bond acceptors (Lipinski definition) is 4. The van der Waals surface area contributed by atoms with E-state index in [1.54, 1.807) is 0 Å². The second-order valence-corrected chi connectivity index (χ2v) is 2.25. The van der Waals surface area contributed by atoms with Crippen molar-refractivity contribution in [2.45, 2.75) is 6.92 Å². The smallest absolute Gasteiger partial charge is 0.326 e. The molecule has 0 saturated carbocycles. The van der Waals surface area contributed by atoms with Gasteiger partial charge in [0, 0.05) is 6.92 Å². The highest BCUT2D eigenvalue weighted by Crippen LogP contribution is 1.97. The third-order valence-electron chi connectivity index (χ3n) is 1.33. The van der Waals surface area contributed by atoms with E-state index in [9.17, 15) is 14.4 Å². The highest BCUT2D eigenvalue weighted by molar-refractivity contribution is 5.96. The van der Waals surface area contributed by atoms with Crippen LogP contribution >= 0.6 is 0 Å².